The molecule has 0 saturated heterocycles. The molecule has 0 aliphatic heterocycles. The zero-order valence-corrected chi connectivity index (χ0v) is 43.1. The monoisotopic (exact) mass is 1360 g/mol. The Morgan fingerprint density at radius 2 is 1.11 bits per heavy atom. The Hall–Kier alpha value is 3.42. The Morgan fingerprint density at radius 1 is 0.659 bits per heavy atom. The van der Waals surface area contributed by atoms with Gasteiger partial charge in [0.15, 0.2) is 0 Å². The summed E-state index contributed by atoms with van der Waals surface area (Å²) < 4.78 is 2.92. The number of benzene rings is 2. The summed E-state index contributed by atoms with van der Waals surface area (Å²) in [7, 11) is 0. The molecule has 2 aliphatic rings. The summed E-state index contributed by atoms with van der Waals surface area (Å²) in [5.74, 6) is 0.279. The Kier molecular flexibility index (Phi) is 13.9. The first-order valence-corrected chi connectivity index (χ1v) is 24.0. The van der Waals surface area contributed by atoms with Crippen molar-refractivity contribution in [2.24, 2.45) is 17.3 Å². The van der Waals surface area contributed by atoms with E-state index in [2.05, 4.69) is 268 Å². The fraction of sp³-hybridized carbons (Fsp3) is 0.438. The molecule has 2 aliphatic carbocycles. The largest absolute Gasteiger partial charge is 0.0957 e. The van der Waals surface area contributed by atoms with E-state index in [1.807, 2.05) is 0 Å². The molecule has 44 heavy (non-hydrogen) atoms. The third kappa shape index (κ3) is 6.97. The van der Waals surface area contributed by atoms with E-state index in [1.165, 1.54) is 37.9 Å². The Labute approximate surface area is 362 Å². The minimum absolute atomic E-state index is 0.00877. The van der Waals surface area contributed by atoms with Crippen LogP contribution in [-0.4, -0.2) is 11.8 Å². The van der Waals surface area contributed by atoms with Crippen molar-refractivity contribution in [2.75, 3.05) is 0 Å². The van der Waals surface area contributed by atoms with Gasteiger partial charge in [0.25, 0.3) is 0 Å². The van der Waals surface area contributed by atoms with Crippen LogP contribution < -0.4 is 0 Å². The van der Waals surface area contributed by atoms with Crippen molar-refractivity contribution in [3.63, 3.8) is 0 Å². The number of halogens is 12. The SMILES string of the molecule is CC1C(Br)=C(C(Br)Br)C(C)C2=C1C(C)(Br)C(C(Br)Br)=CC2(C)C(C)(c1ccc(Br)c(C(Br)Br)c1)c1ccc(Br)c(C(Br)Br)c1. The van der Waals surface area contributed by atoms with Crippen LogP contribution in [0.1, 0.15) is 64.3 Å². The average Bonchev–Trinajstić information content (AvgIpc) is 2.92. The Bertz CT molecular complexity index is 1490. The van der Waals surface area contributed by atoms with E-state index >= 15 is 0 Å². The fourth-order valence-electron chi connectivity index (χ4n) is 7.06. The molecule has 2 aromatic rings. The second-order valence-corrected chi connectivity index (χ2v) is 28.1. The maximum absolute atomic E-state index is 4.27. The highest BCUT2D eigenvalue weighted by Gasteiger charge is 2.58. The van der Waals surface area contributed by atoms with E-state index < -0.39 is 10.8 Å². The summed E-state index contributed by atoms with van der Waals surface area (Å²) in [5, 5.41) is 0. The van der Waals surface area contributed by atoms with Gasteiger partial charge in [0.2, 0.25) is 0 Å². The fourth-order valence-corrected chi connectivity index (χ4v) is 16.2. The van der Waals surface area contributed by atoms with Crippen LogP contribution in [0.15, 0.2) is 78.2 Å². The molecule has 0 N–H and O–H groups in total. The average molecular weight is 1370 g/mol. The molecule has 4 atom stereocenters. The molecule has 0 nitrogen and oxygen atoms in total. The van der Waals surface area contributed by atoms with Gasteiger partial charge in [0, 0.05) is 36.1 Å². The first kappa shape index (κ1) is 40.2. The van der Waals surface area contributed by atoms with Crippen LogP contribution in [-0.2, 0) is 5.41 Å². The molecule has 0 spiro atoms. The van der Waals surface area contributed by atoms with Gasteiger partial charge in [-0.1, -0.05) is 255 Å². The molecule has 0 radical (unpaired) electrons. The summed E-state index contributed by atoms with van der Waals surface area (Å²) in [4.78, 5) is 0. The van der Waals surface area contributed by atoms with E-state index in [0.29, 0.717) is 0 Å². The minimum Gasteiger partial charge on any atom is -0.0758 e. The van der Waals surface area contributed by atoms with Crippen LogP contribution in [0.25, 0.3) is 0 Å². The van der Waals surface area contributed by atoms with Crippen molar-refractivity contribution in [3.8, 4) is 0 Å². The molecule has 0 aromatic heterocycles. The molecule has 0 heterocycles. The van der Waals surface area contributed by atoms with Gasteiger partial charge in [0.1, 0.15) is 0 Å². The standard InChI is InChI=1S/C32H28Br12/c1-13-22(29(42)43)25(35)14(2)24-23(13)30(3,12-19(28(40)41)32(24,5)44)31(4,15-6-8-20(33)17(10-15)26(36)37)16-7-9-21(34)18(11-16)27(38)39/h6-14,26-29H,1-5H3. The smallest absolute Gasteiger partial charge is 0.0758 e. The van der Waals surface area contributed by atoms with Crippen LogP contribution in [0.2, 0.25) is 0 Å². The number of hydrogen-bond acceptors (Lipinski definition) is 0. The summed E-state index contributed by atoms with van der Waals surface area (Å²) in [6, 6.07) is 13.6. The molecule has 2 aromatic carbocycles. The van der Waals surface area contributed by atoms with Crippen LogP contribution in [0.4, 0.5) is 0 Å². The van der Waals surface area contributed by atoms with Gasteiger partial charge in [-0.3, -0.25) is 0 Å². The second-order valence-electron chi connectivity index (χ2n) is 11.7. The number of alkyl halides is 9. The van der Waals surface area contributed by atoms with Gasteiger partial charge in [-0.05, 0) is 58.0 Å². The first-order chi connectivity index (χ1) is 20.2. The third-order valence-corrected chi connectivity index (χ3v) is 16.9. The zero-order chi connectivity index (χ0) is 33.3. The zero-order valence-electron chi connectivity index (χ0n) is 24.0. The molecule has 240 valence electrons. The van der Waals surface area contributed by atoms with Gasteiger partial charge >= 0.3 is 0 Å². The number of allylic oxidation sites excluding steroid dienone is 6. The Balaban J connectivity index is 2.24. The lowest BCUT2D eigenvalue weighted by molar-refractivity contribution is 0.279. The first-order valence-electron chi connectivity index (χ1n) is 13.5. The third-order valence-electron chi connectivity index (χ3n) is 9.46. The highest BCUT2D eigenvalue weighted by atomic mass is 79.9. The lowest BCUT2D eigenvalue weighted by atomic mass is 9.48. The predicted molar refractivity (Wildman–Crippen MR) is 234 cm³/mol. The minimum atomic E-state index is -0.511. The van der Waals surface area contributed by atoms with Crippen LogP contribution in [0.3, 0.4) is 0 Å². The van der Waals surface area contributed by atoms with Gasteiger partial charge < -0.3 is 0 Å². The molecule has 12 heteroatoms. The maximum Gasteiger partial charge on any atom is 0.0957 e. The summed E-state index contributed by atoms with van der Waals surface area (Å²) in [6.07, 6.45) is 2.52. The van der Waals surface area contributed by atoms with Crippen molar-refractivity contribution in [1.82, 2.24) is 0 Å². The quantitative estimate of drug-likeness (QED) is 0.191. The van der Waals surface area contributed by atoms with E-state index in [9.17, 15) is 0 Å². The molecule has 0 saturated carbocycles. The molecule has 4 rings (SSSR count). The predicted octanol–water partition coefficient (Wildman–Crippen LogP) is 16.7. The number of rotatable bonds is 7. The van der Waals surface area contributed by atoms with E-state index in [4.69, 9.17) is 0 Å². The highest BCUT2D eigenvalue weighted by Crippen LogP contribution is 2.66. The molecule has 0 fully saturated rings. The van der Waals surface area contributed by atoms with Gasteiger partial charge in [-0.25, -0.2) is 0 Å². The molecule has 0 amide bonds. The number of hydrogen-bond donors (Lipinski definition) is 0. The van der Waals surface area contributed by atoms with Crippen molar-refractivity contribution in [2.45, 2.75) is 59.3 Å². The van der Waals surface area contributed by atoms with Crippen molar-refractivity contribution in [1.29, 1.82) is 0 Å². The Morgan fingerprint density at radius 3 is 1.50 bits per heavy atom. The van der Waals surface area contributed by atoms with Crippen molar-refractivity contribution >= 4 is 191 Å². The van der Waals surface area contributed by atoms with E-state index in [0.717, 1.165) is 20.1 Å². The molecular formula is C32H28Br12. The topological polar surface area (TPSA) is 0 Å². The molecule has 4 unspecified atom stereocenters. The molecule has 0 bridgehead atoms. The van der Waals surface area contributed by atoms with E-state index in [1.54, 1.807) is 0 Å². The lowest BCUT2D eigenvalue weighted by Gasteiger charge is -2.57. The van der Waals surface area contributed by atoms with Crippen LogP contribution >= 0.6 is 191 Å². The molecular weight excluding hydrogens is 1340 g/mol. The van der Waals surface area contributed by atoms with Gasteiger partial charge in [-0.15, -0.1) is 0 Å². The highest BCUT2D eigenvalue weighted by molar-refractivity contribution is 9.25. The van der Waals surface area contributed by atoms with Crippen LogP contribution in [0.5, 0.6) is 0 Å². The lowest BCUT2D eigenvalue weighted by Crippen LogP contribution is -2.51. The summed E-state index contributed by atoms with van der Waals surface area (Å²) in [6.45, 7) is 11.8. The van der Waals surface area contributed by atoms with Crippen LogP contribution in [0, 0.1) is 17.3 Å². The van der Waals surface area contributed by atoms with Crippen molar-refractivity contribution in [3.05, 3.63) is 100 Å². The normalized spacial score (nSPS) is 26.3. The summed E-state index contributed by atoms with van der Waals surface area (Å²) in [5.41, 5.74) is 9.13. The maximum atomic E-state index is 4.27. The van der Waals surface area contributed by atoms with Gasteiger partial charge in [-0.2, -0.15) is 0 Å². The second kappa shape index (κ2) is 15.2. The van der Waals surface area contributed by atoms with Crippen molar-refractivity contribution < 1.29 is 0 Å². The summed E-state index contributed by atoms with van der Waals surface area (Å²) >= 11 is 46.8. The van der Waals surface area contributed by atoms with Gasteiger partial charge in [0.05, 0.1) is 19.3 Å². The van der Waals surface area contributed by atoms with E-state index in [-0.39, 0.29) is 31.1 Å².